The summed E-state index contributed by atoms with van der Waals surface area (Å²) < 4.78 is 0. The highest BCUT2D eigenvalue weighted by Gasteiger charge is 2.12. The second kappa shape index (κ2) is 6.34. The van der Waals surface area contributed by atoms with Gasteiger partial charge in [-0.15, -0.1) is 5.10 Å². The fourth-order valence-corrected chi connectivity index (χ4v) is 2.65. The lowest BCUT2D eigenvalue weighted by atomic mass is 10.3. The highest BCUT2D eigenvalue weighted by molar-refractivity contribution is 7.99. The fourth-order valence-electron chi connectivity index (χ4n) is 1.40. The molecule has 0 unspecified atom stereocenters. The number of aryl methyl sites for hydroxylation is 1. The van der Waals surface area contributed by atoms with Crippen LogP contribution in [0.3, 0.4) is 0 Å². The monoisotopic (exact) mass is 331 g/mol. The minimum atomic E-state index is -0.258. The molecule has 0 aliphatic carbocycles. The molecule has 0 aliphatic heterocycles. The van der Waals surface area contributed by atoms with Gasteiger partial charge in [0.05, 0.1) is 21.5 Å². The summed E-state index contributed by atoms with van der Waals surface area (Å²) in [7, 11) is 0. The highest BCUT2D eigenvalue weighted by Crippen LogP contribution is 2.32. The number of aromatic nitrogens is 3. The number of nitrogens with one attached hydrogen (secondary N) is 2. The van der Waals surface area contributed by atoms with E-state index in [9.17, 15) is 4.79 Å². The fraction of sp³-hybridized carbons (Fsp3) is 0.182. The second-order valence-corrected chi connectivity index (χ2v) is 5.66. The zero-order valence-corrected chi connectivity index (χ0v) is 12.7. The molecule has 4 N–H and O–H groups in total. The third-order valence-electron chi connectivity index (χ3n) is 2.24. The number of H-pyrrole nitrogens is 1. The van der Waals surface area contributed by atoms with Gasteiger partial charge >= 0.3 is 0 Å². The van der Waals surface area contributed by atoms with Gasteiger partial charge in [-0.25, -0.2) is 4.98 Å². The molecule has 0 radical (unpaired) electrons. The normalized spacial score (nSPS) is 10.6. The van der Waals surface area contributed by atoms with Crippen LogP contribution in [-0.4, -0.2) is 26.8 Å². The molecular weight excluding hydrogens is 321 g/mol. The van der Waals surface area contributed by atoms with E-state index >= 15 is 0 Å². The van der Waals surface area contributed by atoms with Gasteiger partial charge in [-0.3, -0.25) is 9.89 Å². The lowest BCUT2D eigenvalue weighted by Crippen LogP contribution is -2.15. The quantitative estimate of drug-likeness (QED) is 0.591. The number of anilines is 2. The van der Waals surface area contributed by atoms with Crippen LogP contribution in [0.2, 0.25) is 10.0 Å². The first kappa shape index (κ1) is 15.0. The Bertz CT molecular complexity index is 622. The Morgan fingerprint density at radius 3 is 2.65 bits per heavy atom. The third kappa shape index (κ3) is 3.78. The molecule has 0 bridgehead atoms. The maximum Gasteiger partial charge on any atom is 0.234 e. The first-order valence-corrected chi connectivity index (χ1v) is 7.26. The van der Waals surface area contributed by atoms with Crippen molar-refractivity contribution in [1.82, 2.24) is 15.2 Å². The van der Waals surface area contributed by atoms with E-state index in [0.29, 0.717) is 32.4 Å². The summed E-state index contributed by atoms with van der Waals surface area (Å²) in [6.07, 6.45) is 0. The van der Waals surface area contributed by atoms with Crippen molar-refractivity contribution in [2.24, 2.45) is 0 Å². The SMILES string of the molecule is Cc1nc(SCC(=O)Nc2c(Cl)cc(N)cc2Cl)n[nH]1. The van der Waals surface area contributed by atoms with E-state index in [1.807, 2.05) is 0 Å². The van der Waals surface area contributed by atoms with Crippen LogP contribution in [0.4, 0.5) is 11.4 Å². The van der Waals surface area contributed by atoms with E-state index in [1.165, 1.54) is 23.9 Å². The Kier molecular flexibility index (Phi) is 4.74. The van der Waals surface area contributed by atoms with Gasteiger partial charge in [0, 0.05) is 5.69 Å². The summed E-state index contributed by atoms with van der Waals surface area (Å²) in [4.78, 5) is 15.9. The molecular formula is C11H11Cl2N5OS. The van der Waals surface area contributed by atoms with Crippen molar-refractivity contribution in [3.8, 4) is 0 Å². The van der Waals surface area contributed by atoms with Crippen LogP contribution in [0.15, 0.2) is 17.3 Å². The Morgan fingerprint density at radius 2 is 2.10 bits per heavy atom. The molecule has 0 atom stereocenters. The molecule has 20 heavy (non-hydrogen) atoms. The number of amides is 1. The highest BCUT2D eigenvalue weighted by atomic mass is 35.5. The van der Waals surface area contributed by atoms with E-state index < -0.39 is 0 Å². The minimum absolute atomic E-state index is 0.147. The molecule has 1 aromatic heterocycles. The summed E-state index contributed by atoms with van der Waals surface area (Å²) in [6.45, 7) is 1.78. The Morgan fingerprint density at radius 1 is 1.45 bits per heavy atom. The molecule has 0 spiro atoms. The summed E-state index contributed by atoms with van der Waals surface area (Å²) in [5, 5.41) is 10.3. The lowest BCUT2D eigenvalue weighted by Gasteiger charge is -2.09. The van der Waals surface area contributed by atoms with E-state index in [4.69, 9.17) is 28.9 Å². The van der Waals surface area contributed by atoms with E-state index in [0.717, 1.165) is 0 Å². The molecule has 6 nitrogen and oxygen atoms in total. The van der Waals surface area contributed by atoms with E-state index in [-0.39, 0.29) is 11.7 Å². The summed E-state index contributed by atoms with van der Waals surface area (Å²) in [5.74, 6) is 0.581. The van der Waals surface area contributed by atoms with E-state index in [1.54, 1.807) is 6.92 Å². The van der Waals surface area contributed by atoms with Crippen molar-refractivity contribution in [2.45, 2.75) is 12.1 Å². The Labute approximate surface area is 129 Å². The molecule has 0 aliphatic rings. The molecule has 2 aromatic rings. The minimum Gasteiger partial charge on any atom is -0.399 e. The van der Waals surface area contributed by atoms with Gasteiger partial charge in [0.25, 0.3) is 0 Å². The van der Waals surface area contributed by atoms with Gasteiger partial charge in [0.1, 0.15) is 5.82 Å². The molecule has 0 saturated carbocycles. The molecule has 0 fully saturated rings. The van der Waals surface area contributed by atoms with Gasteiger partial charge in [-0.05, 0) is 19.1 Å². The number of hydrogen-bond donors (Lipinski definition) is 3. The Hall–Kier alpha value is -1.44. The number of nitrogens with zero attached hydrogens (tertiary/aromatic N) is 2. The number of aromatic amines is 1. The number of halogens is 2. The van der Waals surface area contributed by atoms with Crippen LogP contribution in [-0.2, 0) is 4.79 Å². The van der Waals surface area contributed by atoms with Crippen LogP contribution in [0.1, 0.15) is 5.82 Å². The first-order valence-electron chi connectivity index (χ1n) is 5.52. The average Bonchev–Trinajstić information content (AvgIpc) is 2.77. The number of benzene rings is 1. The molecule has 9 heteroatoms. The van der Waals surface area contributed by atoms with Crippen molar-refractivity contribution < 1.29 is 4.79 Å². The Balaban J connectivity index is 1.98. The maximum atomic E-state index is 11.8. The molecule has 1 heterocycles. The zero-order chi connectivity index (χ0) is 14.7. The number of hydrogen-bond acceptors (Lipinski definition) is 5. The van der Waals surface area contributed by atoms with Crippen molar-refractivity contribution in [1.29, 1.82) is 0 Å². The van der Waals surface area contributed by atoms with Gasteiger partial charge in [-0.2, -0.15) is 0 Å². The van der Waals surface area contributed by atoms with E-state index in [2.05, 4.69) is 20.5 Å². The number of carbonyl (C=O) groups is 1. The molecule has 0 saturated heterocycles. The summed E-state index contributed by atoms with van der Waals surface area (Å²) >= 11 is 13.2. The number of carbonyl (C=O) groups excluding carboxylic acids is 1. The van der Waals surface area contributed by atoms with Crippen molar-refractivity contribution >= 4 is 52.2 Å². The second-order valence-electron chi connectivity index (χ2n) is 3.90. The van der Waals surface area contributed by atoms with Crippen LogP contribution in [0, 0.1) is 6.92 Å². The molecule has 1 aromatic carbocycles. The smallest absolute Gasteiger partial charge is 0.234 e. The lowest BCUT2D eigenvalue weighted by molar-refractivity contribution is -0.113. The third-order valence-corrected chi connectivity index (χ3v) is 3.68. The number of nitrogens with two attached hydrogens (primary N) is 1. The summed E-state index contributed by atoms with van der Waals surface area (Å²) in [6, 6.07) is 3.05. The number of rotatable bonds is 4. The van der Waals surface area contributed by atoms with Gasteiger partial charge in [0.15, 0.2) is 0 Å². The predicted octanol–water partition coefficient (Wildman–Crippen LogP) is 2.73. The van der Waals surface area contributed by atoms with Crippen molar-refractivity contribution in [3.63, 3.8) is 0 Å². The number of thioether (sulfide) groups is 1. The molecule has 1 amide bonds. The largest absolute Gasteiger partial charge is 0.399 e. The topological polar surface area (TPSA) is 96.7 Å². The number of nitrogen functional groups attached to an aromatic ring is 1. The average molecular weight is 332 g/mol. The maximum absolute atomic E-state index is 11.8. The predicted molar refractivity (Wildman–Crippen MR) is 81.3 cm³/mol. The van der Waals surface area contributed by atoms with Gasteiger partial charge in [-0.1, -0.05) is 35.0 Å². The van der Waals surface area contributed by atoms with Gasteiger partial charge < -0.3 is 11.1 Å². The van der Waals surface area contributed by atoms with Crippen LogP contribution in [0.25, 0.3) is 0 Å². The first-order chi connectivity index (χ1) is 9.45. The molecule has 2 rings (SSSR count). The van der Waals surface area contributed by atoms with Crippen LogP contribution >= 0.6 is 35.0 Å². The molecule has 106 valence electrons. The summed E-state index contributed by atoms with van der Waals surface area (Å²) in [5.41, 5.74) is 6.37. The standard InChI is InChI=1S/C11H11Cl2N5OS/c1-5-15-11(18-17-5)20-4-9(19)16-10-7(12)2-6(14)3-8(10)13/h2-3H,4,14H2,1H3,(H,16,19)(H,15,17,18). The van der Waals surface area contributed by atoms with Gasteiger partial charge in [0.2, 0.25) is 11.1 Å². The zero-order valence-electron chi connectivity index (χ0n) is 10.4. The van der Waals surface area contributed by atoms with Crippen molar-refractivity contribution in [2.75, 3.05) is 16.8 Å². The van der Waals surface area contributed by atoms with Crippen molar-refractivity contribution in [3.05, 3.63) is 28.0 Å². The van der Waals surface area contributed by atoms with Crippen LogP contribution < -0.4 is 11.1 Å². The van der Waals surface area contributed by atoms with Crippen LogP contribution in [0.5, 0.6) is 0 Å².